The molecule has 1 aromatic carbocycles. The predicted octanol–water partition coefficient (Wildman–Crippen LogP) is 10.4. The highest BCUT2D eigenvalue weighted by atomic mass is 19.1. The Morgan fingerprint density at radius 3 is 2.18 bits per heavy atom. The fraction of sp³-hybridized carbons (Fsp3) is 0.750. The first kappa shape index (κ1) is 26.5. The van der Waals surface area contributed by atoms with Crippen molar-refractivity contribution in [3.63, 3.8) is 0 Å². The molecule has 3 rings (SSSR count). The third-order valence-electron chi connectivity index (χ3n) is 8.72. The van der Waals surface area contributed by atoms with E-state index in [0.717, 1.165) is 49.0 Å². The van der Waals surface area contributed by atoms with Crippen molar-refractivity contribution < 1.29 is 4.39 Å². The van der Waals surface area contributed by atoms with Crippen molar-refractivity contribution in [2.24, 2.45) is 17.8 Å². The molecule has 1 atom stereocenters. The molecule has 186 valence electrons. The lowest BCUT2D eigenvalue weighted by Crippen LogP contribution is -2.23. The number of allylic oxidation sites excluding steroid dienone is 2. The summed E-state index contributed by atoms with van der Waals surface area (Å²) in [6.45, 7) is 4.53. The fourth-order valence-electron chi connectivity index (χ4n) is 6.37. The molecule has 33 heavy (non-hydrogen) atoms. The molecule has 2 aliphatic rings. The Morgan fingerprint density at radius 2 is 1.52 bits per heavy atom. The lowest BCUT2D eigenvalue weighted by molar-refractivity contribution is 0.185. The normalized spacial score (nSPS) is 23.5. The van der Waals surface area contributed by atoms with Gasteiger partial charge < -0.3 is 0 Å². The zero-order chi connectivity index (χ0) is 23.3. The van der Waals surface area contributed by atoms with Crippen molar-refractivity contribution >= 4 is 0 Å². The molecule has 0 N–H and O–H groups in total. The predicted molar refractivity (Wildman–Crippen MR) is 142 cm³/mol. The first-order chi connectivity index (χ1) is 16.2. The molecule has 0 nitrogen and oxygen atoms in total. The van der Waals surface area contributed by atoms with Crippen LogP contribution >= 0.6 is 0 Å². The summed E-state index contributed by atoms with van der Waals surface area (Å²) in [7, 11) is 0. The van der Waals surface area contributed by atoms with Crippen molar-refractivity contribution in [1.29, 1.82) is 0 Å². The molecular formula is C32H51F. The van der Waals surface area contributed by atoms with Gasteiger partial charge in [0.2, 0.25) is 0 Å². The Balaban J connectivity index is 1.35. The second-order valence-electron chi connectivity index (χ2n) is 11.3. The standard InChI is InChI=1S/C32H51F/c1-3-5-7-9-11-26-15-20-29(21-16-26)30-22-17-27(18-23-30)13-14-28-19-24-31(32(33)25-28)12-10-8-6-4-2/h17,19,24-26,29-30H,3-16,18,20-23H2,1-2H3. The second-order valence-corrected chi connectivity index (χ2v) is 11.3. The van der Waals surface area contributed by atoms with Gasteiger partial charge in [0.25, 0.3) is 0 Å². The average molecular weight is 455 g/mol. The Morgan fingerprint density at radius 1 is 0.758 bits per heavy atom. The topological polar surface area (TPSA) is 0 Å². The summed E-state index contributed by atoms with van der Waals surface area (Å²) in [6.07, 6.45) is 27.5. The maximum atomic E-state index is 14.5. The minimum absolute atomic E-state index is 0.0163. The summed E-state index contributed by atoms with van der Waals surface area (Å²) in [5.74, 6) is 2.95. The number of hydrogen-bond donors (Lipinski definition) is 0. The van der Waals surface area contributed by atoms with E-state index in [2.05, 4.69) is 26.0 Å². The largest absolute Gasteiger partial charge is 0.207 e. The third kappa shape index (κ3) is 9.22. The van der Waals surface area contributed by atoms with E-state index < -0.39 is 0 Å². The quantitative estimate of drug-likeness (QED) is 0.194. The van der Waals surface area contributed by atoms with Gasteiger partial charge in [-0.1, -0.05) is 102 Å². The van der Waals surface area contributed by atoms with Gasteiger partial charge >= 0.3 is 0 Å². The molecular weight excluding hydrogens is 403 g/mol. The van der Waals surface area contributed by atoms with Crippen LogP contribution in [-0.4, -0.2) is 0 Å². The van der Waals surface area contributed by atoms with E-state index in [1.165, 1.54) is 102 Å². The Labute approximate surface area is 204 Å². The van der Waals surface area contributed by atoms with E-state index in [0.29, 0.717) is 0 Å². The number of aryl methyl sites for hydroxylation is 2. The Kier molecular flexibility index (Phi) is 12.0. The van der Waals surface area contributed by atoms with Crippen molar-refractivity contribution in [3.05, 3.63) is 46.8 Å². The summed E-state index contributed by atoms with van der Waals surface area (Å²) in [6, 6.07) is 6.02. The van der Waals surface area contributed by atoms with Crippen molar-refractivity contribution in [2.75, 3.05) is 0 Å². The molecule has 0 saturated heterocycles. The maximum absolute atomic E-state index is 14.5. The third-order valence-corrected chi connectivity index (χ3v) is 8.72. The molecule has 0 spiro atoms. The number of halogens is 1. The Bertz CT molecular complexity index is 694. The van der Waals surface area contributed by atoms with Crippen LogP contribution in [0.1, 0.15) is 134 Å². The summed E-state index contributed by atoms with van der Waals surface area (Å²) in [5, 5.41) is 0. The van der Waals surface area contributed by atoms with Gasteiger partial charge in [-0.15, -0.1) is 0 Å². The molecule has 2 aliphatic carbocycles. The monoisotopic (exact) mass is 454 g/mol. The SMILES string of the molecule is CCCCCCc1ccc(CCC2=CCC(C3CCC(CCCCCC)CC3)CC2)cc1F. The highest BCUT2D eigenvalue weighted by Crippen LogP contribution is 2.41. The van der Waals surface area contributed by atoms with Crippen LogP contribution in [0.25, 0.3) is 0 Å². The zero-order valence-electron chi connectivity index (χ0n) is 21.9. The van der Waals surface area contributed by atoms with E-state index in [4.69, 9.17) is 0 Å². The van der Waals surface area contributed by atoms with Crippen LogP contribution in [0, 0.1) is 23.6 Å². The highest BCUT2D eigenvalue weighted by Gasteiger charge is 2.28. The van der Waals surface area contributed by atoms with E-state index in [-0.39, 0.29) is 5.82 Å². The van der Waals surface area contributed by atoms with Gasteiger partial charge in [0, 0.05) is 0 Å². The first-order valence-electron chi connectivity index (χ1n) is 14.6. The summed E-state index contributed by atoms with van der Waals surface area (Å²) in [5.41, 5.74) is 3.70. The molecule has 0 amide bonds. The van der Waals surface area contributed by atoms with Gasteiger partial charge in [0.05, 0.1) is 0 Å². The van der Waals surface area contributed by atoms with Crippen LogP contribution in [0.15, 0.2) is 29.8 Å². The van der Waals surface area contributed by atoms with Gasteiger partial charge in [0.15, 0.2) is 0 Å². The molecule has 0 aromatic heterocycles. The van der Waals surface area contributed by atoms with E-state index in [1.807, 2.05) is 12.1 Å². The molecule has 0 radical (unpaired) electrons. The van der Waals surface area contributed by atoms with Crippen molar-refractivity contribution in [3.8, 4) is 0 Å². The number of unbranched alkanes of at least 4 members (excludes halogenated alkanes) is 6. The lowest BCUT2D eigenvalue weighted by atomic mass is 9.70. The van der Waals surface area contributed by atoms with Crippen molar-refractivity contribution in [2.45, 2.75) is 136 Å². The zero-order valence-corrected chi connectivity index (χ0v) is 21.9. The van der Waals surface area contributed by atoms with E-state index >= 15 is 0 Å². The molecule has 1 fully saturated rings. The van der Waals surface area contributed by atoms with Gasteiger partial charge in [-0.3, -0.25) is 0 Å². The number of benzene rings is 1. The second kappa shape index (κ2) is 15.0. The minimum atomic E-state index is 0.0163. The van der Waals surface area contributed by atoms with Crippen LogP contribution in [0.2, 0.25) is 0 Å². The average Bonchev–Trinajstić information content (AvgIpc) is 2.85. The molecule has 0 heterocycles. The molecule has 1 aromatic rings. The first-order valence-corrected chi connectivity index (χ1v) is 14.6. The maximum Gasteiger partial charge on any atom is 0.126 e. The summed E-state index contributed by atoms with van der Waals surface area (Å²) < 4.78 is 14.5. The molecule has 1 heteroatoms. The highest BCUT2D eigenvalue weighted by molar-refractivity contribution is 5.25. The molecule has 1 unspecified atom stereocenters. The van der Waals surface area contributed by atoms with Gasteiger partial charge in [0.1, 0.15) is 5.82 Å². The summed E-state index contributed by atoms with van der Waals surface area (Å²) >= 11 is 0. The Hall–Kier alpha value is -1.11. The number of hydrogen-bond acceptors (Lipinski definition) is 0. The van der Waals surface area contributed by atoms with Crippen LogP contribution in [0.5, 0.6) is 0 Å². The van der Waals surface area contributed by atoms with Gasteiger partial charge in [-0.05, 0) is 92.7 Å². The smallest absolute Gasteiger partial charge is 0.126 e. The van der Waals surface area contributed by atoms with Crippen LogP contribution in [0.4, 0.5) is 4.39 Å². The molecule has 0 bridgehead atoms. The minimum Gasteiger partial charge on any atom is -0.207 e. The molecule has 1 saturated carbocycles. The van der Waals surface area contributed by atoms with Crippen molar-refractivity contribution in [1.82, 2.24) is 0 Å². The number of rotatable bonds is 14. The van der Waals surface area contributed by atoms with E-state index in [1.54, 1.807) is 5.57 Å². The van der Waals surface area contributed by atoms with Crippen LogP contribution in [-0.2, 0) is 12.8 Å². The van der Waals surface area contributed by atoms with Crippen LogP contribution < -0.4 is 0 Å². The van der Waals surface area contributed by atoms with Gasteiger partial charge in [-0.2, -0.15) is 0 Å². The fourth-order valence-corrected chi connectivity index (χ4v) is 6.37. The van der Waals surface area contributed by atoms with E-state index in [9.17, 15) is 4.39 Å². The van der Waals surface area contributed by atoms with Gasteiger partial charge in [-0.25, -0.2) is 4.39 Å². The summed E-state index contributed by atoms with van der Waals surface area (Å²) in [4.78, 5) is 0. The van der Waals surface area contributed by atoms with Crippen LogP contribution in [0.3, 0.4) is 0 Å². The molecule has 0 aliphatic heterocycles. The lowest BCUT2D eigenvalue weighted by Gasteiger charge is -2.35.